The topological polar surface area (TPSA) is 58.6 Å². The number of benzene rings is 2. The Bertz CT molecular complexity index is 656. The lowest BCUT2D eigenvalue weighted by Gasteiger charge is -2.14. The summed E-state index contributed by atoms with van der Waals surface area (Å²) in [6.45, 7) is 0.206. The molecular weight excluding hydrogens is 337 g/mol. The molecule has 0 amide bonds. The van der Waals surface area contributed by atoms with Gasteiger partial charge in [-0.2, -0.15) is 0 Å². The Kier molecular flexibility index (Phi) is 6.71. The SMILES string of the molecule is O=C(Cc1ccccc1Nc1c(Cl)cccc1Cl)OCCCO. The Hall–Kier alpha value is -1.75. The molecule has 0 fully saturated rings. The Morgan fingerprint density at radius 2 is 1.78 bits per heavy atom. The van der Waals surface area contributed by atoms with Gasteiger partial charge >= 0.3 is 5.97 Å². The zero-order chi connectivity index (χ0) is 16.7. The number of para-hydroxylation sites is 2. The number of aliphatic hydroxyl groups excluding tert-OH is 1. The summed E-state index contributed by atoms with van der Waals surface area (Å²) >= 11 is 12.3. The van der Waals surface area contributed by atoms with Gasteiger partial charge in [0.2, 0.25) is 0 Å². The Morgan fingerprint density at radius 1 is 1.09 bits per heavy atom. The summed E-state index contributed by atoms with van der Waals surface area (Å²) in [5, 5.41) is 12.9. The lowest BCUT2D eigenvalue weighted by molar-refractivity contribution is -0.143. The fourth-order valence-corrected chi connectivity index (χ4v) is 2.50. The molecule has 0 aliphatic rings. The second kappa shape index (κ2) is 8.77. The van der Waals surface area contributed by atoms with Crippen molar-refractivity contribution in [3.63, 3.8) is 0 Å². The van der Waals surface area contributed by atoms with Gasteiger partial charge in [0.15, 0.2) is 0 Å². The van der Waals surface area contributed by atoms with Gasteiger partial charge in [-0.15, -0.1) is 0 Å². The number of hydrogen-bond acceptors (Lipinski definition) is 4. The highest BCUT2D eigenvalue weighted by Gasteiger charge is 2.11. The average Bonchev–Trinajstić information content (AvgIpc) is 2.53. The lowest BCUT2D eigenvalue weighted by Crippen LogP contribution is -2.11. The van der Waals surface area contributed by atoms with Crippen LogP contribution in [0.15, 0.2) is 42.5 Å². The van der Waals surface area contributed by atoms with Crippen molar-refractivity contribution in [1.29, 1.82) is 0 Å². The van der Waals surface area contributed by atoms with Gasteiger partial charge in [-0.3, -0.25) is 4.79 Å². The van der Waals surface area contributed by atoms with Crippen LogP contribution in [0.25, 0.3) is 0 Å². The number of halogens is 2. The Balaban J connectivity index is 2.13. The van der Waals surface area contributed by atoms with Crippen molar-refractivity contribution >= 4 is 40.5 Å². The normalized spacial score (nSPS) is 10.4. The Morgan fingerprint density at radius 3 is 2.48 bits per heavy atom. The minimum Gasteiger partial charge on any atom is -0.465 e. The van der Waals surface area contributed by atoms with Crippen molar-refractivity contribution in [3.8, 4) is 0 Å². The molecule has 2 N–H and O–H groups in total. The lowest BCUT2D eigenvalue weighted by atomic mass is 10.1. The van der Waals surface area contributed by atoms with E-state index in [0.29, 0.717) is 22.2 Å². The fraction of sp³-hybridized carbons (Fsp3) is 0.235. The first-order chi connectivity index (χ1) is 11.1. The number of ether oxygens (including phenoxy) is 1. The quantitative estimate of drug-likeness (QED) is 0.578. The highest BCUT2D eigenvalue weighted by Crippen LogP contribution is 2.33. The highest BCUT2D eigenvalue weighted by molar-refractivity contribution is 6.39. The van der Waals surface area contributed by atoms with Crippen molar-refractivity contribution < 1.29 is 14.6 Å². The number of esters is 1. The van der Waals surface area contributed by atoms with Crippen LogP contribution in [0.4, 0.5) is 11.4 Å². The smallest absolute Gasteiger partial charge is 0.310 e. The molecule has 0 bridgehead atoms. The first-order valence-corrected chi connectivity index (χ1v) is 7.93. The summed E-state index contributed by atoms with van der Waals surface area (Å²) in [7, 11) is 0. The predicted octanol–water partition coefficient (Wildman–Crippen LogP) is 4.21. The van der Waals surface area contributed by atoms with Gasteiger partial charge < -0.3 is 15.2 Å². The van der Waals surface area contributed by atoms with E-state index in [-0.39, 0.29) is 25.6 Å². The summed E-state index contributed by atoms with van der Waals surface area (Å²) < 4.78 is 5.06. The number of nitrogens with one attached hydrogen (secondary N) is 1. The summed E-state index contributed by atoms with van der Waals surface area (Å²) in [5.74, 6) is -0.349. The van der Waals surface area contributed by atoms with E-state index >= 15 is 0 Å². The van der Waals surface area contributed by atoms with Gasteiger partial charge in [0.05, 0.1) is 28.8 Å². The number of anilines is 2. The molecule has 0 aliphatic carbocycles. The van der Waals surface area contributed by atoms with E-state index < -0.39 is 0 Å². The first-order valence-electron chi connectivity index (χ1n) is 7.17. The molecule has 0 radical (unpaired) electrons. The zero-order valence-corrected chi connectivity index (χ0v) is 13.9. The van der Waals surface area contributed by atoms with Crippen LogP contribution in [0.2, 0.25) is 10.0 Å². The van der Waals surface area contributed by atoms with Crippen molar-refractivity contribution in [1.82, 2.24) is 0 Å². The van der Waals surface area contributed by atoms with Gasteiger partial charge in [0.1, 0.15) is 0 Å². The van der Waals surface area contributed by atoms with E-state index in [1.54, 1.807) is 18.2 Å². The van der Waals surface area contributed by atoms with Gasteiger partial charge in [-0.05, 0) is 23.8 Å². The van der Waals surface area contributed by atoms with Crippen LogP contribution in [0.3, 0.4) is 0 Å². The minimum atomic E-state index is -0.349. The maximum atomic E-state index is 11.8. The molecule has 23 heavy (non-hydrogen) atoms. The molecule has 0 aromatic heterocycles. The number of carbonyl (C=O) groups excluding carboxylic acids is 1. The van der Waals surface area contributed by atoms with Gasteiger partial charge in [0.25, 0.3) is 0 Å². The maximum Gasteiger partial charge on any atom is 0.310 e. The summed E-state index contributed by atoms with van der Waals surface area (Å²) in [6, 6.07) is 12.6. The molecule has 4 nitrogen and oxygen atoms in total. The van der Waals surface area contributed by atoms with Crippen LogP contribution >= 0.6 is 23.2 Å². The van der Waals surface area contributed by atoms with Gasteiger partial charge in [-0.1, -0.05) is 47.5 Å². The van der Waals surface area contributed by atoms with E-state index in [1.807, 2.05) is 24.3 Å². The molecule has 0 unspecified atom stereocenters. The third kappa shape index (κ3) is 5.13. The average molecular weight is 354 g/mol. The van der Waals surface area contributed by atoms with Crippen molar-refractivity contribution in [2.45, 2.75) is 12.8 Å². The van der Waals surface area contributed by atoms with Crippen molar-refractivity contribution in [2.75, 3.05) is 18.5 Å². The second-order valence-electron chi connectivity index (χ2n) is 4.85. The first kappa shape index (κ1) is 17.6. The van der Waals surface area contributed by atoms with E-state index in [1.165, 1.54) is 0 Å². The molecule has 0 heterocycles. The van der Waals surface area contributed by atoms with E-state index in [4.69, 9.17) is 33.0 Å². The number of carbonyl (C=O) groups is 1. The molecule has 0 aliphatic heterocycles. The number of aliphatic hydroxyl groups is 1. The summed E-state index contributed by atoms with van der Waals surface area (Å²) in [5.41, 5.74) is 2.11. The molecule has 0 spiro atoms. The van der Waals surface area contributed by atoms with Gasteiger partial charge in [-0.25, -0.2) is 0 Å². The molecule has 0 saturated carbocycles. The fourth-order valence-electron chi connectivity index (χ4n) is 2.01. The zero-order valence-electron chi connectivity index (χ0n) is 12.4. The molecule has 0 saturated heterocycles. The molecule has 2 aromatic rings. The molecule has 2 aromatic carbocycles. The third-order valence-corrected chi connectivity index (χ3v) is 3.77. The van der Waals surface area contributed by atoms with Crippen LogP contribution in [0, 0.1) is 0 Å². The minimum absolute atomic E-state index is 0.00354. The molecule has 6 heteroatoms. The predicted molar refractivity (Wildman–Crippen MR) is 92.6 cm³/mol. The van der Waals surface area contributed by atoms with E-state index in [2.05, 4.69) is 5.32 Å². The molecule has 0 atom stereocenters. The van der Waals surface area contributed by atoms with Crippen LogP contribution in [-0.2, 0) is 16.0 Å². The molecular formula is C17H17Cl2NO3. The van der Waals surface area contributed by atoms with E-state index in [0.717, 1.165) is 11.3 Å². The van der Waals surface area contributed by atoms with E-state index in [9.17, 15) is 4.79 Å². The van der Waals surface area contributed by atoms with Crippen LogP contribution in [-0.4, -0.2) is 24.3 Å². The van der Waals surface area contributed by atoms with Crippen molar-refractivity contribution in [3.05, 3.63) is 58.1 Å². The summed E-state index contributed by atoms with van der Waals surface area (Å²) in [6.07, 6.45) is 0.553. The van der Waals surface area contributed by atoms with Gasteiger partial charge in [0, 0.05) is 18.7 Å². The second-order valence-corrected chi connectivity index (χ2v) is 5.67. The maximum absolute atomic E-state index is 11.8. The summed E-state index contributed by atoms with van der Waals surface area (Å²) in [4.78, 5) is 11.8. The van der Waals surface area contributed by atoms with Crippen LogP contribution in [0.1, 0.15) is 12.0 Å². The molecule has 122 valence electrons. The number of rotatable bonds is 7. The standard InChI is InChI=1S/C17H17Cl2NO3/c18-13-6-3-7-14(19)17(13)20-15-8-2-1-5-12(15)11-16(22)23-10-4-9-21/h1-3,5-8,20-21H,4,9-11H2. The number of hydrogen-bond donors (Lipinski definition) is 2. The highest BCUT2D eigenvalue weighted by atomic mass is 35.5. The third-order valence-electron chi connectivity index (χ3n) is 3.14. The largest absolute Gasteiger partial charge is 0.465 e. The van der Waals surface area contributed by atoms with Crippen LogP contribution < -0.4 is 5.32 Å². The van der Waals surface area contributed by atoms with Crippen LogP contribution in [0.5, 0.6) is 0 Å². The Labute approximate surface area is 145 Å². The monoisotopic (exact) mass is 353 g/mol. The molecule has 2 rings (SSSR count). The van der Waals surface area contributed by atoms with Crippen molar-refractivity contribution in [2.24, 2.45) is 0 Å².